The fraction of sp³-hybridized carbons (Fsp3) is 0.875. The van der Waals surface area contributed by atoms with Gasteiger partial charge in [0.1, 0.15) is 6.10 Å². The minimum absolute atomic E-state index is 0.00356. The average Bonchev–Trinajstić information content (AvgIpc) is 2.82. The number of hydrogen-bond acceptors (Lipinski definition) is 5. The summed E-state index contributed by atoms with van der Waals surface area (Å²) in [6, 6.07) is 0. The molecule has 2 atom stereocenters. The predicted molar refractivity (Wildman–Crippen MR) is 96.4 cm³/mol. The van der Waals surface area contributed by atoms with Crippen LogP contribution >= 0.6 is 7.60 Å². The van der Waals surface area contributed by atoms with Gasteiger partial charge in [-0.05, 0) is 44.5 Å². The topological polar surface area (TPSA) is 54.0 Å². The molecule has 1 aliphatic heterocycles. The van der Waals surface area contributed by atoms with Crippen LogP contribution in [0.2, 0.25) is 18.1 Å². The van der Waals surface area contributed by atoms with E-state index in [0.717, 1.165) is 6.42 Å². The molecule has 0 aromatic heterocycles. The van der Waals surface area contributed by atoms with Crippen LogP contribution in [0, 0.1) is 0 Å². The Bertz CT molecular complexity index is 434. The SMILES string of the molecule is CCOP(=O)(/C=C/C1OCCC1O[Si](C)(C)C(C)(C)C)OCC. The van der Waals surface area contributed by atoms with Gasteiger partial charge in [-0.15, -0.1) is 0 Å². The molecule has 23 heavy (non-hydrogen) atoms. The molecule has 1 heterocycles. The van der Waals surface area contributed by atoms with Crippen molar-refractivity contribution in [2.45, 2.75) is 71.4 Å². The standard InChI is InChI=1S/C16H33O5PSi/c1-8-19-22(17,20-9-2)13-11-14-15(10-12-18-14)21-23(6,7)16(3,4)5/h11,13-15H,8-10,12H2,1-7H3/b13-11+. The summed E-state index contributed by atoms with van der Waals surface area (Å²) in [4.78, 5) is 0. The van der Waals surface area contributed by atoms with Gasteiger partial charge in [-0.3, -0.25) is 4.57 Å². The lowest BCUT2D eigenvalue weighted by Crippen LogP contribution is -2.45. The van der Waals surface area contributed by atoms with Gasteiger partial charge in [0, 0.05) is 5.82 Å². The molecule has 0 amide bonds. The highest BCUT2D eigenvalue weighted by molar-refractivity contribution is 7.57. The van der Waals surface area contributed by atoms with Crippen LogP contribution < -0.4 is 0 Å². The molecule has 5 nitrogen and oxygen atoms in total. The first kappa shape index (κ1) is 21.1. The van der Waals surface area contributed by atoms with Gasteiger partial charge in [0.15, 0.2) is 8.32 Å². The molecule has 0 saturated carbocycles. The maximum Gasteiger partial charge on any atom is 0.353 e. The molecular formula is C16H33O5PSi. The molecule has 1 saturated heterocycles. The zero-order valence-corrected chi connectivity index (χ0v) is 17.5. The first-order valence-electron chi connectivity index (χ1n) is 8.42. The van der Waals surface area contributed by atoms with Crippen LogP contribution in [-0.2, 0) is 22.8 Å². The van der Waals surface area contributed by atoms with E-state index >= 15 is 0 Å². The van der Waals surface area contributed by atoms with E-state index < -0.39 is 15.9 Å². The third-order valence-electron chi connectivity index (χ3n) is 4.41. The second-order valence-corrected chi connectivity index (χ2v) is 13.9. The van der Waals surface area contributed by atoms with Crippen molar-refractivity contribution in [3.05, 3.63) is 11.9 Å². The second kappa shape index (κ2) is 8.41. The molecule has 0 aliphatic carbocycles. The fourth-order valence-corrected chi connectivity index (χ4v) is 4.84. The fourth-order valence-electron chi connectivity index (χ4n) is 2.13. The van der Waals surface area contributed by atoms with E-state index in [1.165, 1.54) is 5.82 Å². The minimum Gasteiger partial charge on any atom is -0.411 e. The Morgan fingerprint density at radius 2 is 1.78 bits per heavy atom. The Morgan fingerprint density at radius 1 is 1.22 bits per heavy atom. The molecule has 0 bridgehead atoms. The van der Waals surface area contributed by atoms with Gasteiger partial charge in [0.2, 0.25) is 0 Å². The van der Waals surface area contributed by atoms with Gasteiger partial charge in [0.05, 0.1) is 25.9 Å². The van der Waals surface area contributed by atoms with Gasteiger partial charge >= 0.3 is 7.60 Å². The summed E-state index contributed by atoms with van der Waals surface area (Å²) in [6.45, 7) is 16.1. The van der Waals surface area contributed by atoms with E-state index in [9.17, 15) is 4.57 Å². The summed E-state index contributed by atoms with van der Waals surface area (Å²) in [5.74, 6) is 1.53. The Labute approximate surface area is 142 Å². The van der Waals surface area contributed by atoms with E-state index in [1.54, 1.807) is 19.9 Å². The lowest BCUT2D eigenvalue weighted by molar-refractivity contribution is 0.0800. The molecule has 0 N–H and O–H groups in total. The highest BCUT2D eigenvalue weighted by Crippen LogP contribution is 2.50. The van der Waals surface area contributed by atoms with Gasteiger partial charge in [0.25, 0.3) is 0 Å². The molecule has 0 aromatic rings. The normalized spacial score (nSPS) is 23.8. The van der Waals surface area contributed by atoms with Crippen molar-refractivity contribution < 1.29 is 22.8 Å². The van der Waals surface area contributed by atoms with E-state index in [-0.39, 0.29) is 17.2 Å². The van der Waals surface area contributed by atoms with Crippen molar-refractivity contribution in [1.29, 1.82) is 0 Å². The number of hydrogen-bond donors (Lipinski definition) is 0. The van der Waals surface area contributed by atoms with Crippen LogP contribution in [0.4, 0.5) is 0 Å². The molecule has 1 fully saturated rings. The third-order valence-corrected chi connectivity index (χ3v) is 10.7. The molecule has 136 valence electrons. The lowest BCUT2D eigenvalue weighted by atomic mass is 10.2. The summed E-state index contributed by atoms with van der Waals surface area (Å²) in [7, 11) is -5.05. The van der Waals surface area contributed by atoms with Gasteiger partial charge in [-0.2, -0.15) is 0 Å². The predicted octanol–water partition coefficient (Wildman–Crippen LogP) is 4.95. The van der Waals surface area contributed by atoms with E-state index in [4.69, 9.17) is 18.2 Å². The van der Waals surface area contributed by atoms with Crippen molar-refractivity contribution in [3.8, 4) is 0 Å². The van der Waals surface area contributed by atoms with E-state index in [0.29, 0.717) is 19.8 Å². The van der Waals surface area contributed by atoms with Crippen molar-refractivity contribution in [3.63, 3.8) is 0 Å². The lowest BCUT2D eigenvalue weighted by Gasteiger charge is -2.39. The minimum atomic E-state index is -3.19. The second-order valence-electron chi connectivity index (χ2n) is 7.26. The third kappa shape index (κ3) is 6.11. The maximum atomic E-state index is 12.5. The molecule has 0 spiro atoms. The summed E-state index contributed by atoms with van der Waals surface area (Å²) in [5.41, 5.74) is 0. The summed E-state index contributed by atoms with van der Waals surface area (Å²) in [5, 5.41) is 0.149. The Morgan fingerprint density at radius 3 is 2.26 bits per heavy atom. The Hall–Kier alpha value is 0.0269. The monoisotopic (exact) mass is 364 g/mol. The smallest absolute Gasteiger partial charge is 0.353 e. The molecule has 1 aliphatic rings. The highest BCUT2D eigenvalue weighted by Gasteiger charge is 2.42. The maximum absolute atomic E-state index is 12.5. The van der Waals surface area contributed by atoms with Gasteiger partial charge in [-0.1, -0.05) is 20.8 Å². The van der Waals surface area contributed by atoms with Gasteiger partial charge < -0.3 is 18.2 Å². The van der Waals surface area contributed by atoms with Crippen LogP contribution in [0.5, 0.6) is 0 Å². The zero-order valence-electron chi connectivity index (χ0n) is 15.6. The zero-order chi connectivity index (χ0) is 17.7. The van der Waals surface area contributed by atoms with Crippen molar-refractivity contribution in [2.24, 2.45) is 0 Å². The number of rotatable bonds is 8. The molecule has 2 unspecified atom stereocenters. The summed E-state index contributed by atoms with van der Waals surface area (Å²) < 4.78 is 35.3. The largest absolute Gasteiger partial charge is 0.411 e. The average molecular weight is 364 g/mol. The molecular weight excluding hydrogens is 331 g/mol. The van der Waals surface area contributed by atoms with Crippen LogP contribution in [0.25, 0.3) is 0 Å². The first-order valence-corrected chi connectivity index (χ1v) is 12.9. The van der Waals surface area contributed by atoms with Crippen LogP contribution in [0.15, 0.2) is 11.9 Å². The molecule has 1 rings (SSSR count). The van der Waals surface area contributed by atoms with E-state index in [1.807, 2.05) is 0 Å². The van der Waals surface area contributed by atoms with Crippen molar-refractivity contribution in [1.82, 2.24) is 0 Å². The summed E-state index contributed by atoms with van der Waals surface area (Å²) >= 11 is 0. The van der Waals surface area contributed by atoms with Crippen LogP contribution in [0.1, 0.15) is 41.0 Å². The van der Waals surface area contributed by atoms with Gasteiger partial charge in [-0.25, -0.2) is 0 Å². The summed E-state index contributed by atoms with van der Waals surface area (Å²) in [6.07, 6.45) is 2.45. The van der Waals surface area contributed by atoms with E-state index in [2.05, 4.69) is 33.9 Å². The Kier molecular flexibility index (Phi) is 7.71. The Balaban J connectivity index is 2.79. The van der Waals surface area contributed by atoms with Crippen molar-refractivity contribution >= 4 is 15.9 Å². The molecule has 0 aromatic carbocycles. The molecule has 0 radical (unpaired) electrons. The van der Waals surface area contributed by atoms with Crippen LogP contribution in [0.3, 0.4) is 0 Å². The highest BCUT2D eigenvalue weighted by atomic mass is 31.2. The quantitative estimate of drug-likeness (QED) is 0.451. The van der Waals surface area contributed by atoms with Crippen LogP contribution in [-0.4, -0.2) is 40.3 Å². The molecule has 7 heteroatoms. The van der Waals surface area contributed by atoms with Crippen molar-refractivity contribution in [2.75, 3.05) is 19.8 Å². The number of ether oxygens (including phenoxy) is 1. The first-order chi connectivity index (χ1) is 10.5.